The molecule has 4 N–H and O–H groups in total. The van der Waals surface area contributed by atoms with Crippen LogP contribution in [0.15, 0.2) is 4.99 Å². The van der Waals surface area contributed by atoms with Crippen molar-refractivity contribution in [3.8, 4) is 0 Å². The van der Waals surface area contributed by atoms with Crippen molar-refractivity contribution in [2.45, 2.75) is 13.3 Å². The minimum Gasteiger partial charge on any atom is -0.387 e. The third-order valence-electron chi connectivity index (χ3n) is 3.06. The van der Waals surface area contributed by atoms with E-state index in [0.717, 1.165) is 26.2 Å². The molecule has 1 fully saturated rings. The van der Waals surface area contributed by atoms with Gasteiger partial charge >= 0.3 is 0 Å². The Labute approximate surface area is 112 Å². The van der Waals surface area contributed by atoms with Gasteiger partial charge in [-0.15, -0.1) is 5.10 Å². The van der Waals surface area contributed by atoms with Crippen molar-refractivity contribution in [1.82, 2.24) is 25.0 Å². The molecule has 0 unspecified atom stereocenters. The van der Waals surface area contributed by atoms with E-state index < -0.39 is 0 Å². The Hall–Kier alpha value is -1.96. The SMILES string of the molecule is Cc1nc(N=C(N)CC(=N)N2CCN(C)CC2)n[nH]1. The van der Waals surface area contributed by atoms with Crippen molar-refractivity contribution in [1.29, 1.82) is 5.41 Å². The second-order valence-electron chi connectivity index (χ2n) is 4.74. The maximum atomic E-state index is 8.05. The third-order valence-corrected chi connectivity index (χ3v) is 3.06. The van der Waals surface area contributed by atoms with Crippen LogP contribution in [0, 0.1) is 12.3 Å². The lowest BCUT2D eigenvalue weighted by molar-refractivity contribution is 0.213. The van der Waals surface area contributed by atoms with Crippen molar-refractivity contribution < 1.29 is 0 Å². The number of nitrogens with zero attached hydrogens (tertiary/aromatic N) is 5. The average Bonchev–Trinajstić information content (AvgIpc) is 2.75. The molecule has 0 aliphatic carbocycles. The summed E-state index contributed by atoms with van der Waals surface area (Å²) in [5.74, 6) is 1.88. The number of aliphatic imine (C=N–C) groups is 1. The molecular weight excluding hydrogens is 244 g/mol. The van der Waals surface area contributed by atoms with Gasteiger partial charge in [-0.2, -0.15) is 9.98 Å². The zero-order chi connectivity index (χ0) is 13.8. The third kappa shape index (κ3) is 3.75. The maximum absolute atomic E-state index is 8.05. The van der Waals surface area contributed by atoms with Gasteiger partial charge in [0.05, 0.1) is 6.42 Å². The monoisotopic (exact) mass is 264 g/mol. The first-order valence-electron chi connectivity index (χ1n) is 6.27. The lowest BCUT2D eigenvalue weighted by atomic mass is 10.2. The quantitative estimate of drug-likeness (QED) is 0.513. The van der Waals surface area contributed by atoms with E-state index in [2.05, 4.69) is 32.1 Å². The Morgan fingerprint density at radius 3 is 2.68 bits per heavy atom. The molecule has 1 aromatic rings. The number of hydrogen-bond acceptors (Lipinski definition) is 5. The lowest BCUT2D eigenvalue weighted by Gasteiger charge is -2.34. The summed E-state index contributed by atoms with van der Waals surface area (Å²) < 4.78 is 0. The number of aromatic amines is 1. The number of H-pyrrole nitrogens is 1. The van der Waals surface area contributed by atoms with Crippen LogP contribution in [-0.4, -0.2) is 69.9 Å². The highest BCUT2D eigenvalue weighted by Gasteiger charge is 2.17. The zero-order valence-corrected chi connectivity index (χ0v) is 11.3. The highest BCUT2D eigenvalue weighted by molar-refractivity contribution is 6.01. The van der Waals surface area contributed by atoms with E-state index in [9.17, 15) is 0 Å². The summed E-state index contributed by atoms with van der Waals surface area (Å²) in [6.07, 6.45) is 0.331. The van der Waals surface area contributed by atoms with Crippen molar-refractivity contribution in [2.24, 2.45) is 10.7 Å². The van der Waals surface area contributed by atoms with E-state index in [1.807, 2.05) is 4.90 Å². The van der Waals surface area contributed by atoms with Crippen LogP contribution in [-0.2, 0) is 0 Å². The number of rotatable bonds is 3. The Kier molecular flexibility index (Phi) is 4.10. The molecule has 1 aliphatic heterocycles. The highest BCUT2D eigenvalue weighted by Crippen LogP contribution is 2.05. The molecule has 104 valence electrons. The van der Waals surface area contributed by atoms with Crippen molar-refractivity contribution in [2.75, 3.05) is 33.2 Å². The number of nitrogens with one attached hydrogen (secondary N) is 2. The Morgan fingerprint density at radius 1 is 1.42 bits per heavy atom. The molecular formula is C11H20N8. The van der Waals surface area contributed by atoms with E-state index in [0.29, 0.717) is 29.9 Å². The van der Waals surface area contributed by atoms with Crippen LogP contribution in [0.1, 0.15) is 12.2 Å². The Bertz CT molecular complexity index is 469. The standard InChI is InChI=1S/C11H20N8/c1-8-14-11(17-16-8)15-9(12)7-10(13)19-5-3-18(2)4-6-19/h13H,3-7H2,1-2H3,(H3,12,14,15,16,17). The first-order valence-corrected chi connectivity index (χ1v) is 6.27. The molecule has 0 bridgehead atoms. The lowest BCUT2D eigenvalue weighted by Crippen LogP contribution is -2.47. The molecule has 8 heteroatoms. The number of hydrogen-bond donors (Lipinski definition) is 3. The largest absolute Gasteiger partial charge is 0.387 e. The topological polar surface area (TPSA) is 110 Å². The molecule has 0 spiro atoms. The maximum Gasteiger partial charge on any atom is 0.269 e. The first kappa shape index (κ1) is 13.5. The second-order valence-corrected chi connectivity index (χ2v) is 4.74. The zero-order valence-electron chi connectivity index (χ0n) is 11.3. The average molecular weight is 264 g/mol. The number of nitrogens with two attached hydrogens (primary N) is 1. The van der Waals surface area contributed by atoms with Gasteiger partial charge in [-0.3, -0.25) is 10.5 Å². The van der Waals surface area contributed by atoms with Crippen molar-refractivity contribution in [3.63, 3.8) is 0 Å². The van der Waals surface area contributed by atoms with Crippen molar-refractivity contribution >= 4 is 17.6 Å². The molecule has 1 aliphatic rings. The molecule has 0 amide bonds. The summed E-state index contributed by atoms with van der Waals surface area (Å²) in [4.78, 5) is 12.4. The van der Waals surface area contributed by atoms with Crippen LogP contribution >= 0.6 is 0 Å². The van der Waals surface area contributed by atoms with E-state index in [4.69, 9.17) is 11.1 Å². The van der Waals surface area contributed by atoms with Gasteiger partial charge in [-0.25, -0.2) is 0 Å². The minimum atomic E-state index is 0.321. The number of amidine groups is 2. The van der Waals surface area contributed by atoms with E-state index in [-0.39, 0.29) is 0 Å². The van der Waals surface area contributed by atoms with Crippen LogP contribution < -0.4 is 5.73 Å². The van der Waals surface area contributed by atoms with Gasteiger partial charge in [0.15, 0.2) is 0 Å². The van der Waals surface area contributed by atoms with Crippen LogP contribution in [0.3, 0.4) is 0 Å². The molecule has 0 atom stereocenters. The molecule has 1 aromatic heterocycles. The molecule has 0 saturated carbocycles. The van der Waals surface area contributed by atoms with Crippen molar-refractivity contribution in [3.05, 3.63) is 5.82 Å². The fourth-order valence-corrected chi connectivity index (χ4v) is 1.91. The number of likely N-dealkylation sites (N-methyl/N-ethyl adjacent to an activating group) is 1. The van der Waals surface area contributed by atoms with Gasteiger partial charge in [0.2, 0.25) is 0 Å². The van der Waals surface area contributed by atoms with Gasteiger partial charge in [-0.1, -0.05) is 0 Å². The summed E-state index contributed by atoms with van der Waals surface area (Å²) in [5, 5.41) is 14.6. The predicted octanol–water partition coefficient (Wildman–Crippen LogP) is -0.283. The normalized spacial score (nSPS) is 17.8. The predicted molar refractivity (Wildman–Crippen MR) is 73.8 cm³/mol. The summed E-state index contributed by atoms with van der Waals surface area (Å²) >= 11 is 0. The molecule has 0 radical (unpaired) electrons. The van der Waals surface area contributed by atoms with Gasteiger partial charge in [0.1, 0.15) is 17.5 Å². The van der Waals surface area contributed by atoms with Gasteiger partial charge in [0.25, 0.3) is 5.95 Å². The molecule has 8 nitrogen and oxygen atoms in total. The number of piperazine rings is 1. The molecule has 2 heterocycles. The molecule has 1 saturated heterocycles. The Balaban J connectivity index is 1.89. The summed E-state index contributed by atoms with van der Waals surface area (Å²) in [5.41, 5.74) is 5.83. The fraction of sp³-hybridized carbons (Fsp3) is 0.636. The fourth-order valence-electron chi connectivity index (χ4n) is 1.91. The molecule has 2 rings (SSSR count). The van der Waals surface area contributed by atoms with Gasteiger partial charge in [-0.05, 0) is 14.0 Å². The van der Waals surface area contributed by atoms with E-state index in [1.54, 1.807) is 6.92 Å². The number of aromatic nitrogens is 3. The van der Waals surface area contributed by atoms with Crippen LogP contribution in [0.25, 0.3) is 0 Å². The minimum absolute atomic E-state index is 0.321. The summed E-state index contributed by atoms with van der Waals surface area (Å²) in [7, 11) is 2.09. The summed E-state index contributed by atoms with van der Waals surface area (Å²) in [6.45, 7) is 5.47. The Morgan fingerprint density at radius 2 is 2.11 bits per heavy atom. The summed E-state index contributed by atoms with van der Waals surface area (Å²) in [6, 6.07) is 0. The van der Waals surface area contributed by atoms with Gasteiger partial charge in [0, 0.05) is 26.2 Å². The van der Waals surface area contributed by atoms with Gasteiger partial charge < -0.3 is 15.5 Å². The van der Waals surface area contributed by atoms with E-state index >= 15 is 0 Å². The highest BCUT2D eigenvalue weighted by atomic mass is 15.3. The van der Waals surface area contributed by atoms with Crippen LogP contribution in [0.5, 0.6) is 0 Å². The molecule has 0 aromatic carbocycles. The van der Waals surface area contributed by atoms with Crippen LogP contribution in [0.2, 0.25) is 0 Å². The van der Waals surface area contributed by atoms with E-state index in [1.165, 1.54) is 0 Å². The second kappa shape index (κ2) is 5.79. The smallest absolute Gasteiger partial charge is 0.269 e. The molecule has 19 heavy (non-hydrogen) atoms. The first-order chi connectivity index (χ1) is 9.04. The van der Waals surface area contributed by atoms with Crippen LogP contribution in [0.4, 0.5) is 5.95 Å². The number of aryl methyl sites for hydroxylation is 1.